The van der Waals surface area contributed by atoms with Crippen LogP contribution < -0.4 is 5.32 Å². The summed E-state index contributed by atoms with van der Waals surface area (Å²) in [5, 5.41) is 2.92. The van der Waals surface area contributed by atoms with Gasteiger partial charge in [0.2, 0.25) is 5.91 Å². The van der Waals surface area contributed by atoms with Crippen LogP contribution in [-0.2, 0) is 11.3 Å². The van der Waals surface area contributed by atoms with Crippen LogP contribution in [0.3, 0.4) is 0 Å². The number of amides is 1. The molecule has 1 aliphatic rings. The van der Waals surface area contributed by atoms with Gasteiger partial charge in [0.25, 0.3) is 0 Å². The lowest BCUT2D eigenvalue weighted by molar-refractivity contribution is -0.125. The van der Waals surface area contributed by atoms with Crippen molar-refractivity contribution < 1.29 is 9.18 Å². The minimum atomic E-state index is -0.265. The average molecular weight is 278 g/mol. The molecule has 1 saturated heterocycles. The van der Waals surface area contributed by atoms with E-state index in [9.17, 15) is 9.18 Å². The summed E-state index contributed by atoms with van der Waals surface area (Å²) in [5.41, 5.74) is 0.798. The average Bonchev–Trinajstić information content (AvgIpc) is 2.83. The lowest BCUT2D eigenvalue weighted by atomic mass is 10.1. The van der Waals surface area contributed by atoms with E-state index in [4.69, 9.17) is 0 Å². The highest BCUT2D eigenvalue weighted by Gasteiger charge is 2.30. The molecule has 1 aliphatic heterocycles. The van der Waals surface area contributed by atoms with Crippen molar-refractivity contribution in [2.75, 3.05) is 13.1 Å². The van der Waals surface area contributed by atoms with E-state index in [-0.39, 0.29) is 17.8 Å². The second-order valence-corrected chi connectivity index (χ2v) is 5.89. The number of likely N-dealkylation sites (tertiary alicyclic amines) is 1. The minimum Gasteiger partial charge on any atom is -0.351 e. The standard InChI is InChI=1S/C16H23FN2O/c1-12(2)11-19-8-4-7-15(19)16(20)18-10-13-5-3-6-14(17)9-13/h3,5-6,9,12,15H,4,7-8,10-11H2,1-2H3,(H,18,20)/t15-/m1/s1. The number of rotatable bonds is 5. The molecule has 1 aromatic carbocycles. The van der Waals surface area contributed by atoms with E-state index in [0.717, 1.165) is 31.5 Å². The summed E-state index contributed by atoms with van der Waals surface area (Å²) in [6.45, 7) is 6.68. The van der Waals surface area contributed by atoms with Gasteiger partial charge in [0.15, 0.2) is 0 Å². The van der Waals surface area contributed by atoms with E-state index in [1.165, 1.54) is 12.1 Å². The molecule has 0 radical (unpaired) electrons. The van der Waals surface area contributed by atoms with Crippen molar-refractivity contribution >= 4 is 5.91 Å². The van der Waals surface area contributed by atoms with Gasteiger partial charge >= 0.3 is 0 Å². The van der Waals surface area contributed by atoms with Crippen molar-refractivity contribution in [2.24, 2.45) is 5.92 Å². The third-order valence-electron chi connectivity index (χ3n) is 3.62. The summed E-state index contributed by atoms with van der Waals surface area (Å²) in [4.78, 5) is 14.5. The second kappa shape index (κ2) is 6.84. The molecular formula is C16H23FN2O. The summed E-state index contributed by atoms with van der Waals surface area (Å²) >= 11 is 0. The number of nitrogens with zero attached hydrogens (tertiary/aromatic N) is 1. The van der Waals surface area contributed by atoms with Crippen LogP contribution in [0.25, 0.3) is 0 Å². The van der Waals surface area contributed by atoms with Crippen molar-refractivity contribution in [2.45, 2.75) is 39.3 Å². The first-order valence-electron chi connectivity index (χ1n) is 7.32. The van der Waals surface area contributed by atoms with Crippen LogP contribution in [0.4, 0.5) is 4.39 Å². The quantitative estimate of drug-likeness (QED) is 0.898. The van der Waals surface area contributed by atoms with Crippen molar-refractivity contribution in [3.8, 4) is 0 Å². The Morgan fingerprint density at radius 3 is 3.00 bits per heavy atom. The molecule has 3 nitrogen and oxygen atoms in total. The Kier molecular flexibility index (Phi) is 5.12. The first-order valence-corrected chi connectivity index (χ1v) is 7.32. The molecule has 20 heavy (non-hydrogen) atoms. The van der Waals surface area contributed by atoms with Gasteiger partial charge in [0.05, 0.1) is 6.04 Å². The molecule has 1 heterocycles. The third-order valence-corrected chi connectivity index (χ3v) is 3.62. The molecule has 110 valence electrons. The van der Waals surface area contributed by atoms with Crippen LogP contribution in [0.1, 0.15) is 32.3 Å². The number of carbonyl (C=O) groups excluding carboxylic acids is 1. The highest BCUT2D eigenvalue weighted by molar-refractivity contribution is 5.82. The maximum Gasteiger partial charge on any atom is 0.237 e. The first-order chi connectivity index (χ1) is 9.56. The predicted octanol–water partition coefficient (Wildman–Crippen LogP) is 2.56. The number of hydrogen-bond donors (Lipinski definition) is 1. The summed E-state index contributed by atoms with van der Waals surface area (Å²) in [7, 11) is 0. The highest BCUT2D eigenvalue weighted by atomic mass is 19.1. The van der Waals surface area contributed by atoms with Gasteiger partial charge in [-0.25, -0.2) is 4.39 Å². The zero-order chi connectivity index (χ0) is 14.5. The smallest absolute Gasteiger partial charge is 0.237 e. The van der Waals surface area contributed by atoms with Gasteiger partial charge < -0.3 is 5.32 Å². The van der Waals surface area contributed by atoms with Crippen molar-refractivity contribution in [3.05, 3.63) is 35.6 Å². The molecule has 0 aromatic heterocycles. The SMILES string of the molecule is CC(C)CN1CCC[C@@H]1C(=O)NCc1cccc(F)c1. The largest absolute Gasteiger partial charge is 0.351 e. The number of halogens is 1. The van der Waals surface area contributed by atoms with Gasteiger partial charge in [-0.3, -0.25) is 9.69 Å². The van der Waals surface area contributed by atoms with Crippen molar-refractivity contribution in [1.82, 2.24) is 10.2 Å². The van der Waals surface area contributed by atoms with E-state index in [1.54, 1.807) is 6.07 Å². The maximum absolute atomic E-state index is 13.1. The summed E-state index contributed by atoms with van der Waals surface area (Å²) in [6.07, 6.45) is 1.99. The first kappa shape index (κ1) is 15.0. The molecule has 1 N–H and O–H groups in total. The van der Waals surface area contributed by atoms with Crippen LogP contribution >= 0.6 is 0 Å². The van der Waals surface area contributed by atoms with E-state index in [1.807, 2.05) is 6.07 Å². The van der Waals surface area contributed by atoms with Gasteiger partial charge in [-0.1, -0.05) is 26.0 Å². The fourth-order valence-electron chi connectivity index (χ4n) is 2.76. The Balaban J connectivity index is 1.88. The molecule has 1 fully saturated rings. The lowest BCUT2D eigenvalue weighted by Gasteiger charge is -2.25. The van der Waals surface area contributed by atoms with Gasteiger partial charge in [-0.15, -0.1) is 0 Å². The molecule has 0 aliphatic carbocycles. The monoisotopic (exact) mass is 278 g/mol. The number of nitrogens with one attached hydrogen (secondary N) is 1. The summed E-state index contributed by atoms with van der Waals surface area (Å²) in [5.74, 6) is 0.359. The fourth-order valence-corrected chi connectivity index (χ4v) is 2.76. The van der Waals surface area contributed by atoms with Gasteiger partial charge in [-0.05, 0) is 43.0 Å². The van der Waals surface area contributed by atoms with Crippen molar-refractivity contribution in [1.29, 1.82) is 0 Å². The zero-order valence-corrected chi connectivity index (χ0v) is 12.2. The van der Waals surface area contributed by atoms with Crippen LogP contribution in [0.2, 0.25) is 0 Å². The Bertz CT molecular complexity index is 462. The fraction of sp³-hybridized carbons (Fsp3) is 0.562. The molecule has 1 atom stereocenters. The molecule has 0 saturated carbocycles. The number of benzene rings is 1. The Labute approximate surface area is 120 Å². The van der Waals surface area contributed by atoms with E-state index >= 15 is 0 Å². The van der Waals surface area contributed by atoms with Crippen LogP contribution in [-0.4, -0.2) is 29.9 Å². The minimum absolute atomic E-state index is 0.0223. The number of carbonyl (C=O) groups is 1. The van der Waals surface area contributed by atoms with Crippen LogP contribution in [0.5, 0.6) is 0 Å². The molecule has 0 spiro atoms. The molecule has 4 heteroatoms. The second-order valence-electron chi connectivity index (χ2n) is 5.89. The summed E-state index contributed by atoms with van der Waals surface area (Å²) < 4.78 is 13.1. The topological polar surface area (TPSA) is 32.3 Å². The normalized spacial score (nSPS) is 19.5. The predicted molar refractivity (Wildman–Crippen MR) is 77.7 cm³/mol. The van der Waals surface area contributed by atoms with Crippen LogP contribution in [0, 0.1) is 11.7 Å². The van der Waals surface area contributed by atoms with Crippen molar-refractivity contribution in [3.63, 3.8) is 0 Å². The lowest BCUT2D eigenvalue weighted by Crippen LogP contribution is -2.44. The number of hydrogen-bond acceptors (Lipinski definition) is 2. The van der Waals surface area contributed by atoms with E-state index in [2.05, 4.69) is 24.1 Å². The Morgan fingerprint density at radius 2 is 2.30 bits per heavy atom. The Morgan fingerprint density at radius 1 is 1.50 bits per heavy atom. The molecule has 2 rings (SSSR count). The molecule has 0 bridgehead atoms. The molecule has 0 unspecified atom stereocenters. The third kappa shape index (κ3) is 4.04. The van der Waals surface area contributed by atoms with Gasteiger partial charge in [-0.2, -0.15) is 0 Å². The Hall–Kier alpha value is -1.42. The van der Waals surface area contributed by atoms with Crippen LogP contribution in [0.15, 0.2) is 24.3 Å². The molecule has 1 amide bonds. The van der Waals surface area contributed by atoms with Gasteiger partial charge in [0, 0.05) is 13.1 Å². The molecule has 1 aromatic rings. The van der Waals surface area contributed by atoms with E-state index < -0.39 is 0 Å². The zero-order valence-electron chi connectivity index (χ0n) is 12.2. The van der Waals surface area contributed by atoms with E-state index in [0.29, 0.717) is 12.5 Å². The highest BCUT2D eigenvalue weighted by Crippen LogP contribution is 2.19. The van der Waals surface area contributed by atoms with Gasteiger partial charge in [0.1, 0.15) is 5.82 Å². The molecular weight excluding hydrogens is 255 g/mol. The maximum atomic E-state index is 13.1. The summed E-state index contributed by atoms with van der Waals surface area (Å²) in [6, 6.07) is 6.33.